The number of hydrogen-bond donors (Lipinski definition) is 2. The average Bonchev–Trinajstić information content (AvgIpc) is 2.62. The van der Waals surface area contributed by atoms with Crippen molar-refractivity contribution >= 4 is 11.8 Å². The van der Waals surface area contributed by atoms with Crippen molar-refractivity contribution in [2.45, 2.75) is 51.0 Å². The summed E-state index contributed by atoms with van der Waals surface area (Å²) in [4.78, 5) is 33.5. The number of nitrogens with one attached hydrogen (secondary N) is 2. The first-order chi connectivity index (χ1) is 13.1. The van der Waals surface area contributed by atoms with E-state index in [2.05, 4.69) is 21.7 Å². The van der Waals surface area contributed by atoms with Gasteiger partial charge in [0.2, 0.25) is 5.91 Å². The van der Waals surface area contributed by atoms with Gasteiger partial charge in [-0.25, -0.2) is 9.97 Å². The van der Waals surface area contributed by atoms with Crippen LogP contribution in [0.4, 0.5) is 0 Å². The van der Waals surface area contributed by atoms with E-state index < -0.39 is 6.04 Å². The lowest BCUT2D eigenvalue weighted by atomic mass is 9.82. The molecule has 1 aliphatic carbocycles. The number of rotatable bonds is 4. The highest BCUT2D eigenvalue weighted by Gasteiger charge is 2.24. The van der Waals surface area contributed by atoms with Gasteiger partial charge in [0.25, 0.3) is 5.91 Å². The molecular formula is C21H24N4O2. The van der Waals surface area contributed by atoms with E-state index in [1.807, 2.05) is 19.1 Å². The molecule has 2 N–H and O–H groups in total. The fraction of sp³-hybridized carbons (Fsp3) is 0.429. The number of aromatic nitrogens is 2. The Balaban J connectivity index is 1.49. The number of carbonyl (C=O) groups is 2. The van der Waals surface area contributed by atoms with Gasteiger partial charge in [0.15, 0.2) is 5.82 Å². The highest BCUT2D eigenvalue weighted by molar-refractivity contribution is 5.98. The molecule has 1 unspecified atom stereocenters. The summed E-state index contributed by atoms with van der Waals surface area (Å²) in [5.74, 6) is 0.916. The molecule has 1 atom stereocenters. The standard InChI is InChI=1S/C21H24N4O2/c1-13-12-18(14-4-2-5-14)24-19(23-13)15-7-9-16(10-8-15)20(26)25-17-6-3-11-22-21(17)27/h7-10,12,14,17H,2-6,11H2,1H3,(H,22,27)(H,25,26). The van der Waals surface area contributed by atoms with Gasteiger partial charge in [0.1, 0.15) is 6.04 Å². The number of benzene rings is 1. The number of aryl methyl sites for hydroxylation is 1. The van der Waals surface area contributed by atoms with Gasteiger partial charge in [0, 0.05) is 35.0 Å². The molecule has 0 spiro atoms. The van der Waals surface area contributed by atoms with Crippen molar-refractivity contribution in [1.82, 2.24) is 20.6 Å². The highest BCUT2D eigenvalue weighted by Crippen LogP contribution is 2.36. The van der Waals surface area contributed by atoms with Gasteiger partial charge in [-0.05, 0) is 50.8 Å². The average molecular weight is 364 g/mol. The molecule has 0 bridgehead atoms. The van der Waals surface area contributed by atoms with Gasteiger partial charge in [-0.15, -0.1) is 0 Å². The Morgan fingerprint density at radius 1 is 1.11 bits per heavy atom. The Bertz CT molecular complexity index is 859. The smallest absolute Gasteiger partial charge is 0.251 e. The zero-order valence-electron chi connectivity index (χ0n) is 15.5. The minimum Gasteiger partial charge on any atom is -0.354 e. The minimum atomic E-state index is -0.448. The van der Waals surface area contributed by atoms with Crippen molar-refractivity contribution in [3.63, 3.8) is 0 Å². The molecule has 6 nitrogen and oxygen atoms in total. The number of nitrogens with zero attached hydrogens (tertiary/aromatic N) is 2. The molecule has 1 saturated heterocycles. The molecular weight excluding hydrogens is 340 g/mol. The summed E-state index contributed by atoms with van der Waals surface area (Å²) in [6.07, 6.45) is 5.22. The third kappa shape index (κ3) is 3.84. The van der Waals surface area contributed by atoms with Crippen LogP contribution in [0.3, 0.4) is 0 Å². The molecule has 1 aromatic carbocycles. The van der Waals surface area contributed by atoms with Gasteiger partial charge < -0.3 is 10.6 Å². The summed E-state index contributed by atoms with van der Waals surface area (Å²) in [5, 5.41) is 5.59. The second kappa shape index (κ2) is 7.47. The largest absolute Gasteiger partial charge is 0.354 e. The molecule has 0 radical (unpaired) electrons. The second-order valence-corrected chi connectivity index (χ2v) is 7.42. The predicted molar refractivity (Wildman–Crippen MR) is 102 cm³/mol. The third-order valence-corrected chi connectivity index (χ3v) is 5.39. The predicted octanol–water partition coefficient (Wildman–Crippen LogP) is 2.73. The monoisotopic (exact) mass is 364 g/mol. The zero-order valence-corrected chi connectivity index (χ0v) is 15.5. The van der Waals surface area contributed by atoms with Crippen molar-refractivity contribution in [2.24, 2.45) is 0 Å². The highest BCUT2D eigenvalue weighted by atomic mass is 16.2. The van der Waals surface area contributed by atoms with Crippen molar-refractivity contribution in [2.75, 3.05) is 6.54 Å². The van der Waals surface area contributed by atoms with E-state index in [1.165, 1.54) is 19.3 Å². The molecule has 140 valence electrons. The fourth-order valence-electron chi connectivity index (χ4n) is 3.56. The van der Waals surface area contributed by atoms with Crippen molar-refractivity contribution in [3.05, 3.63) is 47.3 Å². The van der Waals surface area contributed by atoms with Crippen LogP contribution in [0.2, 0.25) is 0 Å². The molecule has 1 aliphatic heterocycles. The molecule has 2 amide bonds. The van der Waals surface area contributed by atoms with Crippen LogP contribution >= 0.6 is 0 Å². The van der Waals surface area contributed by atoms with Crippen LogP contribution in [-0.2, 0) is 4.79 Å². The summed E-state index contributed by atoms with van der Waals surface area (Å²) >= 11 is 0. The Morgan fingerprint density at radius 3 is 2.56 bits per heavy atom. The zero-order chi connectivity index (χ0) is 18.8. The minimum absolute atomic E-state index is 0.108. The summed E-state index contributed by atoms with van der Waals surface area (Å²) < 4.78 is 0. The van der Waals surface area contributed by atoms with Crippen LogP contribution in [0.25, 0.3) is 11.4 Å². The first-order valence-corrected chi connectivity index (χ1v) is 9.65. The summed E-state index contributed by atoms with van der Waals surface area (Å²) in [7, 11) is 0. The van der Waals surface area contributed by atoms with E-state index in [9.17, 15) is 9.59 Å². The van der Waals surface area contributed by atoms with Crippen LogP contribution in [0.15, 0.2) is 30.3 Å². The van der Waals surface area contributed by atoms with E-state index in [0.717, 1.165) is 23.4 Å². The number of carbonyl (C=O) groups excluding carboxylic acids is 2. The Labute approximate surface area is 158 Å². The summed E-state index contributed by atoms with van der Waals surface area (Å²) in [5.41, 5.74) is 3.51. The van der Waals surface area contributed by atoms with Crippen LogP contribution < -0.4 is 10.6 Å². The van der Waals surface area contributed by atoms with E-state index in [0.29, 0.717) is 30.3 Å². The normalized spacial score (nSPS) is 19.9. The van der Waals surface area contributed by atoms with Crippen LogP contribution in [0.5, 0.6) is 0 Å². The first kappa shape index (κ1) is 17.6. The fourth-order valence-corrected chi connectivity index (χ4v) is 3.56. The lowest BCUT2D eigenvalue weighted by molar-refractivity contribution is -0.124. The second-order valence-electron chi connectivity index (χ2n) is 7.42. The first-order valence-electron chi connectivity index (χ1n) is 9.65. The summed E-state index contributed by atoms with van der Waals surface area (Å²) in [6.45, 7) is 2.67. The lowest BCUT2D eigenvalue weighted by Gasteiger charge is -2.25. The van der Waals surface area contributed by atoms with Gasteiger partial charge in [-0.1, -0.05) is 18.6 Å². The summed E-state index contributed by atoms with van der Waals surface area (Å²) in [6, 6.07) is 8.89. The molecule has 2 fully saturated rings. The maximum atomic E-state index is 12.4. The van der Waals surface area contributed by atoms with E-state index in [-0.39, 0.29) is 11.8 Å². The Kier molecular flexibility index (Phi) is 4.88. The Morgan fingerprint density at radius 2 is 1.89 bits per heavy atom. The van der Waals surface area contributed by atoms with Crippen LogP contribution in [0.1, 0.15) is 59.8 Å². The maximum absolute atomic E-state index is 12.4. The number of amides is 2. The van der Waals surface area contributed by atoms with Gasteiger partial charge in [-0.2, -0.15) is 0 Å². The van der Waals surface area contributed by atoms with Crippen LogP contribution in [0, 0.1) is 6.92 Å². The SMILES string of the molecule is Cc1cc(C2CCC2)nc(-c2ccc(C(=O)NC3CCCNC3=O)cc2)n1. The molecule has 1 saturated carbocycles. The molecule has 6 heteroatoms. The topological polar surface area (TPSA) is 84.0 Å². The van der Waals surface area contributed by atoms with E-state index in [4.69, 9.17) is 4.98 Å². The maximum Gasteiger partial charge on any atom is 0.251 e. The van der Waals surface area contributed by atoms with Gasteiger partial charge in [0.05, 0.1) is 0 Å². The Hall–Kier alpha value is -2.76. The number of hydrogen-bond acceptors (Lipinski definition) is 4. The van der Waals surface area contributed by atoms with Gasteiger partial charge in [-0.3, -0.25) is 9.59 Å². The van der Waals surface area contributed by atoms with Crippen LogP contribution in [-0.4, -0.2) is 34.4 Å². The van der Waals surface area contributed by atoms with E-state index in [1.54, 1.807) is 12.1 Å². The molecule has 2 aliphatic rings. The molecule has 4 rings (SSSR count). The molecule has 2 aromatic rings. The lowest BCUT2D eigenvalue weighted by Crippen LogP contribution is -2.50. The molecule has 2 heterocycles. The molecule has 1 aromatic heterocycles. The molecule has 27 heavy (non-hydrogen) atoms. The van der Waals surface area contributed by atoms with Crippen molar-refractivity contribution < 1.29 is 9.59 Å². The van der Waals surface area contributed by atoms with Crippen molar-refractivity contribution in [1.29, 1.82) is 0 Å². The van der Waals surface area contributed by atoms with Crippen molar-refractivity contribution in [3.8, 4) is 11.4 Å². The van der Waals surface area contributed by atoms with E-state index >= 15 is 0 Å². The third-order valence-electron chi connectivity index (χ3n) is 5.39. The number of piperidine rings is 1. The quantitative estimate of drug-likeness (QED) is 0.874. The van der Waals surface area contributed by atoms with Gasteiger partial charge >= 0.3 is 0 Å².